The Kier molecular flexibility index (Phi) is 7.72. The third kappa shape index (κ3) is 6.00. The van der Waals surface area contributed by atoms with E-state index in [0.717, 1.165) is 55.9 Å². The van der Waals surface area contributed by atoms with E-state index in [-0.39, 0.29) is 18.8 Å². The van der Waals surface area contributed by atoms with Crippen LogP contribution in [0.1, 0.15) is 40.9 Å². The van der Waals surface area contributed by atoms with Crippen LogP contribution < -0.4 is 5.56 Å². The van der Waals surface area contributed by atoms with Crippen molar-refractivity contribution < 1.29 is 19.4 Å². The second-order valence-corrected chi connectivity index (χ2v) is 9.55. The number of benzene rings is 2. The van der Waals surface area contributed by atoms with Gasteiger partial charge in [0.2, 0.25) is 11.7 Å². The summed E-state index contributed by atoms with van der Waals surface area (Å²) in [6, 6.07) is 14.7. The fraction of sp³-hybridized carbons (Fsp3) is 0.310. The molecule has 0 radical (unpaired) electrons. The standard InChI is InChI=1S/C29H29N5O5/c1-20(35)34-26(18-33(29(34)38)17-25-27(36)28(37)31-19-30-25)24-10-8-22(9-11-24)3-2-21-4-6-23(7-5-21)16-32-12-14-39-15-13-32/h4-11,19,26,36H,12-18H2,1H3,(H,30,31,37). The number of morpholine rings is 1. The van der Waals surface area contributed by atoms with Gasteiger partial charge in [0.1, 0.15) is 5.69 Å². The van der Waals surface area contributed by atoms with E-state index in [4.69, 9.17) is 4.74 Å². The van der Waals surface area contributed by atoms with Gasteiger partial charge in [0.25, 0.3) is 5.56 Å². The van der Waals surface area contributed by atoms with Crippen molar-refractivity contribution in [3.63, 3.8) is 0 Å². The van der Waals surface area contributed by atoms with E-state index in [1.54, 1.807) is 0 Å². The molecule has 1 atom stereocenters. The Labute approximate surface area is 225 Å². The number of ether oxygens (including phenoxy) is 1. The van der Waals surface area contributed by atoms with E-state index >= 15 is 0 Å². The van der Waals surface area contributed by atoms with Crippen molar-refractivity contribution in [2.75, 3.05) is 32.8 Å². The average molecular weight is 528 g/mol. The van der Waals surface area contributed by atoms with Gasteiger partial charge in [0.15, 0.2) is 0 Å². The van der Waals surface area contributed by atoms with E-state index in [1.807, 2.05) is 36.4 Å². The Bertz CT molecular complexity index is 1470. The number of aromatic hydroxyl groups is 1. The fourth-order valence-electron chi connectivity index (χ4n) is 4.76. The number of hydrogen-bond donors (Lipinski definition) is 2. The number of H-pyrrole nitrogens is 1. The summed E-state index contributed by atoms with van der Waals surface area (Å²) in [4.78, 5) is 48.2. The lowest BCUT2D eigenvalue weighted by Crippen LogP contribution is -2.35. The zero-order chi connectivity index (χ0) is 27.4. The minimum absolute atomic E-state index is 0.0657. The minimum Gasteiger partial charge on any atom is -0.502 e. The number of nitrogens with one attached hydrogen (secondary N) is 1. The number of hydrogen-bond acceptors (Lipinski definition) is 7. The number of nitrogens with zero attached hydrogens (tertiary/aromatic N) is 4. The molecule has 0 bridgehead atoms. The highest BCUT2D eigenvalue weighted by molar-refractivity contribution is 5.95. The van der Waals surface area contributed by atoms with Gasteiger partial charge in [0.05, 0.1) is 32.1 Å². The molecule has 1 unspecified atom stereocenters. The highest BCUT2D eigenvalue weighted by atomic mass is 16.5. The number of imide groups is 1. The second-order valence-electron chi connectivity index (χ2n) is 9.55. The average Bonchev–Trinajstić information content (AvgIpc) is 3.27. The SMILES string of the molecule is CC(=O)N1C(=O)N(Cc2nc[nH]c(=O)c2O)CC1c1ccc(C#Cc2ccc(CN3CCOCC3)cc2)cc1. The number of aromatic amines is 1. The highest BCUT2D eigenvalue weighted by Crippen LogP contribution is 2.31. The molecule has 0 spiro atoms. The van der Waals surface area contributed by atoms with Crippen molar-refractivity contribution >= 4 is 11.9 Å². The zero-order valence-electron chi connectivity index (χ0n) is 21.6. The first kappa shape index (κ1) is 26.2. The summed E-state index contributed by atoms with van der Waals surface area (Å²) in [5.74, 6) is 5.43. The number of carbonyl (C=O) groups excluding carboxylic acids is 2. The Balaban J connectivity index is 1.26. The summed E-state index contributed by atoms with van der Waals surface area (Å²) < 4.78 is 5.41. The quantitative estimate of drug-likeness (QED) is 0.489. The highest BCUT2D eigenvalue weighted by Gasteiger charge is 2.41. The summed E-state index contributed by atoms with van der Waals surface area (Å²) >= 11 is 0. The van der Waals surface area contributed by atoms with Crippen LogP contribution >= 0.6 is 0 Å². The van der Waals surface area contributed by atoms with Crippen LogP contribution in [0, 0.1) is 11.8 Å². The third-order valence-corrected chi connectivity index (χ3v) is 6.88. The number of amides is 3. The molecule has 2 aliphatic rings. The van der Waals surface area contributed by atoms with Gasteiger partial charge in [-0.25, -0.2) is 9.78 Å². The maximum absolute atomic E-state index is 13.0. The summed E-state index contributed by atoms with van der Waals surface area (Å²) in [6.45, 7) is 5.80. The maximum atomic E-state index is 13.0. The van der Waals surface area contributed by atoms with Crippen molar-refractivity contribution in [3.05, 3.63) is 93.2 Å². The fourth-order valence-corrected chi connectivity index (χ4v) is 4.76. The van der Waals surface area contributed by atoms with Crippen LogP contribution in [0.4, 0.5) is 4.79 Å². The third-order valence-electron chi connectivity index (χ3n) is 6.88. The molecule has 2 N–H and O–H groups in total. The smallest absolute Gasteiger partial charge is 0.327 e. The van der Waals surface area contributed by atoms with Crippen molar-refractivity contribution in [2.24, 2.45) is 0 Å². The van der Waals surface area contributed by atoms with Crippen LogP contribution in [0.25, 0.3) is 0 Å². The zero-order valence-corrected chi connectivity index (χ0v) is 21.6. The molecule has 1 aromatic heterocycles. The van der Waals surface area contributed by atoms with Crippen molar-refractivity contribution in [2.45, 2.75) is 26.1 Å². The molecule has 2 saturated heterocycles. The maximum Gasteiger partial charge on any atom is 0.327 e. The van der Waals surface area contributed by atoms with Gasteiger partial charge in [-0.1, -0.05) is 36.1 Å². The van der Waals surface area contributed by atoms with Gasteiger partial charge in [-0.05, 0) is 35.4 Å². The summed E-state index contributed by atoms with van der Waals surface area (Å²) in [7, 11) is 0. The predicted octanol–water partition coefficient (Wildman–Crippen LogP) is 2.23. The summed E-state index contributed by atoms with van der Waals surface area (Å²) in [5.41, 5.74) is 3.13. The van der Waals surface area contributed by atoms with Gasteiger partial charge in [0, 0.05) is 44.2 Å². The molecule has 3 aromatic rings. The molecular formula is C29H29N5O5. The van der Waals surface area contributed by atoms with Gasteiger partial charge < -0.3 is 19.7 Å². The predicted molar refractivity (Wildman–Crippen MR) is 143 cm³/mol. The molecule has 200 valence electrons. The largest absolute Gasteiger partial charge is 0.502 e. The first-order valence-electron chi connectivity index (χ1n) is 12.7. The molecule has 10 heteroatoms. The monoisotopic (exact) mass is 527 g/mol. The number of aromatic nitrogens is 2. The van der Waals surface area contributed by atoms with Crippen LogP contribution in [-0.2, 0) is 22.6 Å². The molecule has 10 nitrogen and oxygen atoms in total. The lowest BCUT2D eigenvalue weighted by Gasteiger charge is -2.26. The van der Waals surface area contributed by atoms with E-state index in [0.29, 0.717) is 0 Å². The number of rotatable bonds is 5. The molecule has 3 amide bonds. The Morgan fingerprint density at radius 3 is 2.31 bits per heavy atom. The molecule has 3 heterocycles. The number of carbonyl (C=O) groups is 2. The van der Waals surface area contributed by atoms with E-state index in [2.05, 4.69) is 38.8 Å². The Morgan fingerprint density at radius 2 is 1.67 bits per heavy atom. The minimum atomic E-state index is -0.688. The van der Waals surface area contributed by atoms with Gasteiger partial charge in [-0.2, -0.15) is 0 Å². The normalized spacial score (nSPS) is 17.7. The first-order chi connectivity index (χ1) is 18.9. The topological polar surface area (TPSA) is 119 Å². The van der Waals surface area contributed by atoms with Crippen molar-refractivity contribution in [3.8, 4) is 17.6 Å². The van der Waals surface area contributed by atoms with Crippen LogP contribution in [0.3, 0.4) is 0 Å². The van der Waals surface area contributed by atoms with E-state index in [9.17, 15) is 19.5 Å². The van der Waals surface area contributed by atoms with Gasteiger partial charge in [-0.3, -0.25) is 19.4 Å². The summed E-state index contributed by atoms with van der Waals surface area (Å²) in [5, 5.41) is 10.0. The summed E-state index contributed by atoms with van der Waals surface area (Å²) in [6.07, 6.45) is 1.16. The Hall–Kier alpha value is -4.46. The molecule has 2 fully saturated rings. The molecule has 39 heavy (non-hydrogen) atoms. The molecule has 5 rings (SSSR count). The first-order valence-corrected chi connectivity index (χ1v) is 12.7. The lowest BCUT2D eigenvalue weighted by molar-refractivity contribution is -0.126. The lowest BCUT2D eigenvalue weighted by atomic mass is 10.0. The molecule has 2 aliphatic heterocycles. The van der Waals surface area contributed by atoms with Gasteiger partial charge >= 0.3 is 6.03 Å². The molecule has 0 aliphatic carbocycles. The Morgan fingerprint density at radius 1 is 1.03 bits per heavy atom. The second kappa shape index (κ2) is 11.5. The van der Waals surface area contributed by atoms with Crippen LogP contribution in [0.15, 0.2) is 59.7 Å². The van der Waals surface area contributed by atoms with Crippen molar-refractivity contribution in [1.82, 2.24) is 24.7 Å². The molecule has 2 aromatic carbocycles. The van der Waals surface area contributed by atoms with Crippen molar-refractivity contribution in [1.29, 1.82) is 0 Å². The van der Waals surface area contributed by atoms with Crippen LogP contribution in [-0.4, -0.2) is 74.6 Å². The number of urea groups is 1. The van der Waals surface area contributed by atoms with E-state index in [1.165, 1.54) is 22.3 Å². The van der Waals surface area contributed by atoms with E-state index < -0.39 is 29.3 Å². The molecule has 0 saturated carbocycles. The van der Waals surface area contributed by atoms with Crippen LogP contribution in [0.2, 0.25) is 0 Å². The van der Waals surface area contributed by atoms with Gasteiger partial charge in [-0.15, -0.1) is 0 Å². The molecular weight excluding hydrogens is 498 g/mol. The van der Waals surface area contributed by atoms with Crippen LogP contribution in [0.5, 0.6) is 5.75 Å².